The fourth-order valence-corrected chi connectivity index (χ4v) is 5.20. The molecule has 1 heterocycles. The van der Waals surface area contributed by atoms with Crippen molar-refractivity contribution in [1.82, 2.24) is 10.2 Å². The van der Waals surface area contributed by atoms with Crippen molar-refractivity contribution in [2.45, 2.75) is 77.3 Å². The SMILES string of the molecule is CNC1CCC(C)(C)CC1N1CCC2CCCCC2C1. The highest BCUT2D eigenvalue weighted by Gasteiger charge is 2.40. The van der Waals surface area contributed by atoms with Gasteiger partial charge >= 0.3 is 0 Å². The average Bonchev–Trinajstić information content (AvgIpc) is 2.46. The van der Waals surface area contributed by atoms with E-state index in [-0.39, 0.29) is 0 Å². The zero-order chi connectivity index (χ0) is 14.2. The van der Waals surface area contributed by atoms with Gasteiger partial charge in [-0.2, -0.15) is 0 Å². The first kappa shape index (κ1) is 14.8. The van der Waals surface area contributed by atoms with E-state index in [0.29, 0.717) is 5.41 Å². The predicted octanol–water partition coefficient (Wildman–Crippen LogP) is 3.67. The monoisotopic (exact) mass is 278 g/mol. The summed E-state index contributed by atoms with van der Waals surface area (Å²) in [6.45, 7) is 7.70. The van der Waals surface area contributed by atoms with E-state index in [2.05, 4.69) is 31.1 Å². The maximum atomic E-state index is 3.62. The molecule has 2 heteroatoms. The van der Waals surface area contributed by atoms with E-state index in [4.69, 9.17) is 0 Å². The Labute approximate surface area is 125 Å². The number of hydrogen-bond donors (Lipinski definition) is 1. The molecule has 1 aliphatic heterocycles. The third-order valence-electron chi connectivity index (χ3n) is 6.52. The number of nitrogens with one attached hydrogen (secondary N) is 1. The van der Waals surface area contributed by atoms with Crippen molar-refractivity contribution in [1.29, 1.82) is 0 Å². The van der Waals surface area contributed by atoms with Crippen LogP contribution in [0.5, 0.6) is 0 Å². The van der Waals surface area contributed by atoms with Crippen LogP contribution < -0.4 is 5.32 Å². The molecule has 0 amide bonds. The Hall–Kier alpha value is -0.0800. The Morgan fingerprint density at radius 3 is 2.50 bits per heavy atom. The molecule has 0 bridgehead atoms. The summed E-state index contributed by atoms with van der Waals surface area (Å²) in [6, 6.07) is 1.51. The van der Waals surface area contributed by atoms with E-state index >= 15 is 0 Å². The number of nitrogens with zero attached hydrogens (tertiary/aromatic N) is 1. The van der Waals surface area contributed by atoms with Crippen molar-refractivity contribution in [3.8, 4) is 0 Å². The van der Waals surface area contributed by atoms with E-state index in [1.165, 1.54) is 64.5 Å². The molecule has 4 atom stereocenters. The normalized spacial score (nSPS) is 42.1. The molecule has 3 rings (SSSR count). The van der Waals surface area contributed by atoms with Gasteiger partial charge in [0.05, 0.1) is 0 Å². The Balaban J connectivity index is 1.67. The third kappa shape index (κ3) is 3.06. The van der Waals surface area contributed by atoms with Crippen LogP contribution in [0.15, 0.2) is 0 Å². The lowest BCUT2D eigenvalue weighted by molar-refractivity contribution is 0.00789. The predicted molar refractivity (Wildman–Crippen MR) is 85.9 cm³/mol. The largest absolute Gasteiger partial charge is 0.315 e. The highest BCUT2D eigenvalue weighted by molar-refractivity contribution is 4.96. The summed E-state index contributed by atoms with van der Waals surface area (Å²) in [4.78, 5) is 2.87. The molecule has 116 valence electrons. The fourth-order valence-electron chi connectivity index (χ4n) is 5.20. The highest BCUT2D eigenvalue weighted by Crippen LogP contribution is 2.41. The lowest BCUT2D eigenvalue weighted by Crippen LogP contribution is -2.57. The Bertz CT molecular complexity index is 325. The van der Waals surface area contributed by atoms with Gasteiger partial charge in [-0.05, 0) is 62.9 Å². The van der Waals surface area contributed by atoms with Crippen molar-refractivity contribution in [3.63, 3.8) is 0 Å². The molecule has 20 heavy (non-hydrogen) atoms. The van der Waals surface area contributed by atoms with Gasteiger partial charge < -0.3 is 5.32 Å². The smallest absolute Gasteiger partial charge is 0.0254 e. The van der Waals surface area contributed by atoms with Gasteiger partial charge in [0.2, 0.25) is 0 Å². The number of fused-ring (bicyclic) bond motifs is 1. The van der Waals surface area contributed by atoms with Crippen LogP contribution >= 0.6 is 0 Å². The molecule has 0 aromatic rings. The van der Waals surface area contributed by atoms with Crippen LogP contribution in [0, 0.1) is 17.3 Å². The fraction of sp³-hybridized carbons (Fsp3) is 1.00. The van der Waals surface area contributed by atoms with Gasteiger partial charge in [-0.15, -0.1) is 0 Å². The van der Waals surface area contributed by atoms with Crippen LogP contribution in [0.25, 0.3) is 0 Å². The van der Waals surface area contributed by atoms with Gasteiger partial charge in [-0.25, -0.2) is 0 Å². The summed E-state index contributed by atoms with van der Waals surface area (Å²) < 4.78 is 0. The standard InChI is InChI=1S/C18H34N2/c1-18(2)10-8-16(19-3)17(12-18)20-11-9-14-6-4-5-7-15(14)13-20/h14-17,19H,4-13H2,1-3H3. The zero-order valence-corrected chi connectivity index (χ0v) is 13.8. The number of likely N-dealkylation sites (tertiary alicyclic amines) is 1. The first-order chi connectivity index (χ1) is 9.59. The van der Waals surface area contributed by atoms with Crippen LogP contribution in [0.4, 0.5) is 0 Å². The second kappa shape index (κ2) is 5.96. The lowest BCUT2D eigenvalue weighted by atomic mass is 9.70. The van der Waals surface area contributed by atoms with Crippen LogP contribution in [0.3, 0.4) is 0 Å². The van der Waals surface area contributed by atoms with Gasteiger partial charge in [0.1, 0.15) is 0 Å². The molecule has 0 aromatic heterocycles. The van der Waals surface area contributed by atoms with Gasteiger partial charge in [0.25, 0.3) is 0 Å². The summed E-state index contributed by atoms with van der Waals surface area (Å²) in [5.74, 6) is 2.07. The van der Waals surface area contributed by atoms with Crippen LogP contribution in [-0.4, -0.2) is 37.1 Å². The maximum absolute atomic E-state index is 3.62. The van der Waals surface area contributed by atoms with Gasteiger partial charge in [-0.3, -0.25) is 4.90 Å². The average molecular weight is 278 g/mol. The molecule has 0 spiro atoms. The van der Waals surface area contributed by atoms with E-state index in [1.807, 2.05) is 0 Å². The van der Waals surface area contributed by atoms with Gasteiger partial charge in [0, 0.05) is 18.6 Å². The van der Waals surface area contributed by atoms with Crippen molar-refractivity contribution in [2.24, 2.45) is 17.3 Å². The maximum Gasteiger partial charge on any atom is 0.0254 e. The second-order valence-electron chi connectivity index (χ2n) is 8.46. The van der Waals surface area contributed by atoms with Crippen molar-refractivity contribution in [2.75, 3.05) is 20.1 Å². The third-order valence-corrected chi connectivity index (χ3v) is 6.52. The Kier molecular flexibility index (Phi) is 4.42. The molecular formula is C18H34N2. The minimum absolute atomic E-state index is 0.543. The molecule has 3 fully saturated rings. The zero-order valence-electron chi connectivity index (χ0n) is 13.8. The molecule has 2 saturated carbocycles. The molecule has 0 radical (unpaired) electrons. The molecule has 1 N–H and O–H groups in total. The van der Waals surface area contributed by atoms with Crippen LogP contribution in [-0.2, 0) is 0 Å². The summed E-state index contributed by atoms with van der Waals surface area (Å²) in [5, 5.41) is 3.62. The van der Waals surface area contributed by atoms with Crippen LogP contribution in [0.2, 0.25) is 0 Å². The highest BCUT2D eigenvalue weighted by atomic mass is 15.2. The molecule has 0 aromatic carbocycles. The molecular weight excluding hydrogens is 244 g/mol. The summed E-state index contributed by atoms with van der Waals surface area (Å²) >= 11 is 0. The Morgan fingerprint density at radius 2 is 1.75 bits per heavy atom. The minimum atomic E-state index is 0.543. The summed E-state index contributed by atoms with van der Waals surface area (Å²) in [7, 11) is 2.17. The van der Waals surface area contributed by atoms with Gasteiger partial charge in [0.15, 0.2) is 0 Å². The summed E-state index contributed by atoms with van der Waals surface area (Å²) in [6.07, 6.45) is 11.6. The first-order valence-corrected chi connectivity index (χ1v) is 9.00. The molecule has 3 aliphatic rings. The van der Waals surface area contributed by atoms with E-state index < -0.39 is 0 Å². The van der Waals surface area contributed by atoms with Crippen molar-refractivity contribution in [3.05, 3.63) is 0 Å². The van der Waals surface area contributed by atoms with Gasteiger partial charge in [-0.1, -0.05) is 33.1 Å². The molecule has 1 saturated heterocycles. The number of piperidine rings is 1. The lowest BCUT2D eigenvalue weighted by Gasteiger charge is -2.50. The Morgan fingerprint density at radius 1 is 1.00 bits per heavy atom. The number of likely N-dealkylation sites (N-methyl/N-ethyl adjacent to an activating group) is 1. The minimum Gasteiger partial charge on any atom is -0.315 e. The topological polar surface area (TPSA) is 15.3 Å². The van der Waals surface area contributed by atoms with Crippen molar-refractivity contribution < 1.29 is 0 Å². The van der Waals surface area contributed by atoms with Crippen LogP contribution in [0.1, 0.15) is 65.2 Å². The van der Waals surface area contributed by atoms with E-state index in [1.54, 1.807) is 0 Å². The number of hydrogen-bond acceptors (Lipinski definition) is 2. The number of rotatable bonds is 2. The van der Waals surface area contributed by atoms with Crippen molar-refractivity contribution >= 4 is 0 Å². The first-order valence-electron chi connectivity index (χ1n) is 9.00. The summed E-state index contributed by atoms with van der Waals surface area (Å²) in [5.41, 5.74) is 0.543. The molecule has 4 unspecified atom stereocenters. The molecule has 2 aliphatic carbocycles. The van der Waals surface area contributed by atoms with E-state index in [0.717, 1.165) is 23.9 Å². The second-order valence-corrected chi connectivity index (χ2v) is 8.46. The quantitative estimate of drug-likeness (QED) is 0.829. The van der Waals surface area contributed by atoms with E-state index in [9.17, 15) is 0 Å². The molecule has 2 nitrogen and oxygen atoms in total.